The van der Waals surface area contributed by atoms with Crippen LogP contribution in [0, 0.1) is 0 Å². The average molecular weight is 209 g/mol. The van der Waals surface area contributed by atoms with Gasteiger partial charge in [0.15, 0.2) is 0 Å². The Morgan fingerprint density at radius 1 is 1.20 bits per heavy atom. The minimum atomic E-state index is 0.246. The number of phenols is 1. The zero-order valence-electron chi connectivity index (χ0n) is 9.57. The Labute approximate surface area is 90.9 Å². The summed E-state index contributed by atoms with van der Waals surface area (Å²) in [7, 11) is 6.02. The molecular weight excluding hydrogens is 190 g/mol. The molecule has 4 heteroatoms. The molecule has 3 N–H and O–H groups in total. The highest BCUT2D eigenvalue weighted by Gasteiger charge is 2.06. The summed E-state index contributed by atoms with van der Waals surface area (Å²) in [5.41, 5.74) is 7.39. The second-order valence-corrected chi connectivity index (χ2v) is 3.97. The highest BCUT2D eigenvalue weighted by molar-refractivity contribution is 5.69. The molecule has 0 heterocycles. The molecule has 0 aliphatic heterocycles. The molecule has 0 fully saturated rings. The molecule has 4 nitrogen and oxygen atoms in total. The predicted molar refractivity (Wildman–Crippen MR) is 64.3 cm³/mol. The van der Waals surface area contributed by atoms with Crippen LogP contribution in [0.25, 0.3) is 0 Å². The van der Waals surface area contributed by atoms with Gasteiger partial charge in [-0.05, 0) is 26.2 Å². The summed E-state index contributed by atoms with van der Waals surface area (Å²) in [5, 5.41) is 9.37. The highest BCUT2D eigenvalue weighted by atomic mass is 16.3. The van der Waals surface area contributed by atoms with Crippen molar-refractivity contribution in [3.63, 3.8) is 0 Å². The number of hydrogen-bond acceptors (Lipinski definition) is 4. The molecule has 0 bridgehead atoms. The first kappa shape index (κ1) is 11.7. The van der Waals surface area contributed by atoms with E-state index in [1.807, 2.05) is 26.0 Å². The van der Waals surface area contributed by atoms with E-state index >= 15 is 0 Å². The largest absolute Gasteiger partial charge is 0.508 e. The molecule has 84 valence electrons. The van der Waals surface area contributed by atoms with Gasteiger partial charge in [0.2, 0.25) is 0 Å². The Morgan fingerprint density at radius 3 is 2.47 bits per heavy atom. The monoisotopic (exact) mass is 209 g/mol. The van der Waals surface area contributed by atoms with Gasteiger partial charge in [0.1, 0.15) is 5.75 Å². The lowest BCUT2D eigenvalue weighted by Gasteiger charge is -2.23. The fraction of sp³-hybridized carbons (Fsp3) is 0.455. The fourth-order valence-corrected chi connectivity index (χ4v) is 1.33. The smallest absolute Gasteiger partial charge is 0.117 e. The standard InChI is InChI=1S/C11H19N3O/c1-13(2)6-7-14(3)11-8-9(15)4-5-10(11)12/h4-5,8,15H,6-7,12H2,1-3H3. The molecule has 0 atom stereocenters. The molecule has 0 amide bonds. The molecule has 0 aliphatic carbocycles. The summed E-state index contributed by atoms with van der Waals surface area (Å²) in [6.45, 7) is 1.83. The Morgan fingerprint density at radius 2 is 1.87 bits per heavy atom. The number of aromatic hydroxyl groups is 1. The summed E-state index contributed by atoms with van der Waals surface area (Å²) in [6.07, 6.45) is 0. The molecule has 0 aliphatic rings. The first-order chi connectivity index (χ1) is 7.00. The van der Waals surface area contributed by atoms with Crippen LogP contribution in [0.15, 0.2) is 18.2 Å². The van der Waals surface area contributed by atoms with Crippen molar-refractivity contribution in [3.05, 3.63) is 18.2 Å². The van der Waals surface area contributed by atoms with E-state index in [-0.39, 0.29) is 5.75 Å². The van der Waals surface area contributed by atoms with Crippen LogP contribution in [-0.4, -0.2) is 44.2 Å². The number of likely N-dealkylation sites (N-methyl/N-ethyl adjacent to an activating group) is 2. The first-order valence-electron chi connectivity index (χ1n) is 4.95. The molecule has 0 saturated heterocycles. The molecule has 0 aromatic heterocycles. The number of rotatable bonds is 4. The molecule has 1 aromatic rings. The van der Waals surface area contributed by atoms with Crippen LogP contribution < -0.4 is 10.6 Å². The van der Waals surface area contributed by atoms with Crippen LogP contribution in [0.1, 0.15) is 0 Å². The van der Waals surface area contributed by atoms with Crippen molar-refractivity contribution in [2.45, 2.75) is 0 Å². The molecule has 1 aromatic carbocycles. The molecule has 15 heavy (non-hydrogen) atoms. The fourth-order valence-electron chi connectivity index (χ4n) is 1.33. The number of hydrogen-bond donors (Lipinski definition) is 2. The third-order valence-electron chi connectivity index (χ3n) is 2.31. The van der Waals surface area contributed by atoms with Crippen molar-refractivity contribution in [2.75, 3.05) is 44.9 Å². The van der Waals surface area contributed by atoms with E-state index in [0.717, 1.165) is 18.8 Å². The van der Waals surface area contributed by atoms with E-state index < -0.39 is 0 Å². The van der Waals surface area contributed by atoms with Gasteiger partial charge in [0.25, 0.3) is 0 Å². The number of nitrogens with two attached hydrogens (primary N) is 1. The third-order valence-corrected chi connectivity index (χ3v) is 2.31. The van der Waals surface area contributed by atoms with Crippen LogP contribution in [0.3, 0.4) is 0 Å². The van der Waals surface area contributed by atoms with E-state index in [1.54, 1.807) is 18.2 Å². The quantitative estimate of drug-likeness (QED) is 0.573. The molecule has 0 unspecified atom stereocenters. The van der Waals surface area contributed by atoms with Gasteiger partial charge in [0, 0.05) is 26.2 Å². The van der Waals surface area contributed by atoms with Crippen LogP contribution in [0.2, 0.25) is 0 Å². The summed E-state index contributed by atoms with van der Waals surface area (Å²) >= 11 is 0. The molecule has 1 rings (SSSR count). The number of nitrogen functional groups attached to an aromatic ring is 1. The number of anilines is 2. The van der Waals surface area contributed by atoms with Crippen molar-refractivity contribution < 1.29 is 5.11 Å². The molecule has 0 saturated carbocycles. The van der Waals surface area contributed by atoms with Crippen molar-refractivity contribution in [3.8, 4) is 5.75 Å². The molecule has 0 spiro atoms. The summed E-state index contributed by atoms with van der Waals surface area (Å²) in [4.78, 5) is 4.14. The lowest BCUT2D eigenvalue weighted by molar-refractivity contribution is 0.416. The van der Waals surface area contributed by atoms with E-state index in [2.05, 4.69) is 4.90 Å². The van der Waals surface area contributed by atoms with Crippen LogP contribution in [0.4, 0.5) is 11.4 Å². The second-order valence-electron chi connectivity index (χ2n) is 3.97. The molecule has 0 radical (unpaired) electrons. The number of nitrogens with zero attached hydrogens (tertiary/aromatic N) is 2. The zero-order chi connectivity index (χ0) is 11.4. The Hall–Kier alpha value is -1.42. The Kier molecular flexibility index (Phi) is 3.80. The van der Waals surface area contributed by atoms with Gasteiger partial charge < -0.3 is 20.6 Å². The summed E-state index contributed by atoms with van der Waals surface area (Å²) < 4.78 is 0. The van der Waals surface area contributed by atoms with Gasteiger partial charge in [-0.15, -0.1) is 0 Å². The number of phenolic OH excluding ortho intramolecular Hbond substituents is 1. The van der Waals surface area contributed by atoms with Crippen LogP contribution in [0.5, 0.6) is 5.75 Å². The first-order valence-corrected chi connectivity index (χ1v) is 4.95. The van der Waals surface area contributed by atoms with Crippen LogP contribution >= 0.6 is 0 Å². The maximum absolute atomic E-state index is 9.37. The van der Waals surface area contributed by atoms with Crippen LogP contribution in [-0.2, 0) is 0 Å². The normalized spacial score (nSPS) is 10.7. The van der Waals surface area contributed by atoms with Gasteiger partial charge in [-0.1, -0.05) is 0 Å². The van der Waals surface area contributed by atoms with Gasteiger partial charge >= 0.3 is 0 Å². The minimum Gasteiger partial charge on any atom is -0.508 e. The van der Waals surface area contributed by atoms with Gasteiger partial charge in [0.05, 0.1) is 11.4 Å². The minimum absolute atomic E-state index is 0.246. The topological polar surface area (TPSA) is 52.7 Å². The van der Waals surface area contributed by atoms with Crippen molar-refractivity contribution in [1.29, 1.82) is 0 Å². The van der Waals surface area contributed by atoms with Crippen molar-refractivity contribution in [2.24, 2.45) is 0 Å². The zero-order valence-corrected chi connectivity index (χ0v) is 9.57. The van der Waals surface area contributed by atoms with Crippen molar-refractivity contribution >= 4 is 11.4 Å². The highest BCUT2D eigenvalue weighted by Crippen LogP contribution is 2.26. The third kappa shape index (κ3) is 3.32. The van der Waals surface area contributed by atoms with E-state index in [0.29, 0.717) is 5.69 Å². The van der Waals surface area contributed by atoms with Gasteiger partial charge in [-0.3, -0.25) is 0 Å². The van der Waals surface area contributed by atoms with E-state index in [9.17, 15) is 5.11 Å². The van der Waals surface area contributed by atoms with Gasteiger partial charge in [-0.25, -0.2) is 0 Å². The summed E-state index contributed by atoms with van der Waals surface area (Å²) in [5.74, 6) is 0.246. The average Bonchev–Trinajstić information content (AvgIpc) is 2.18. The predicted octanol–water partition coefficient (Wildman–Crippen LogP) is 0.972. The maximum Gasteiger partial charge on any atom is 0.117 e. The maximum atomic E-state index is 9.37. The van der Waals surface area contributed by atoms with E-state index in [4.69, 9.17) is 5.73 Å². The van der Waals surface area contributed by atoms with Crippen molar-refractivity contribution in [1.82, 2.24) is 4.90 Å². The lowest BCUT2D eigenvalue weighted by atomic mass is 10.2. The second kappa shape index (κ2) is 4.89. The lowest BCUT2D eigenvalue weighted by Crippen LogP contribution is -2.28. The molecular formula is C11H19N3O. The van der Waals surface area contributed by atoms with Gasteiger partial charge in [-0.2, -0.15) is 0 Å². The Balaban J connectivity index is 2.72. The van der Waals surface area contributed by atoms with E-state index in [1.165, 1.54) is 0 Å². The summed E-state index contributed by atoms with van der Waals surface area (Å²) in [6, 6.07) is 5.00. The number of benzene rings is 1. The SMILES string of the molecule is CN(C)CCN(C)c1cc(O)ccc1N. The Bertz CT molecular complexity index is 326.